The van der Waals surface area contributed by atoms with E-state index in [9.17, 15) is 0 Å². The highest BCUT2D eigenvalue weighted by atomic mass is 32.1. The second-order valence-electron chi connectivity index (χ2n) is 34.3. The lowest BCUT2D eigenvalue weighted by molar-refractivity contribution is 0.994. The Hall–Kier alpha value is -15.9. The van der Waals surface area contributed by atoms with Crippen LogP contribution in [-0.2, 0) is 0 Å². The van der Waals surface area contributed by atoms with Crippen LogP contribution in [0.5, 0.6) is 0 Å². The van der Waals surface area contributed by atoms with Crippen molar-refractivity contribution >= 4 is 206 Å². The largest absolute Gasteiger partial charge is 0.313 e. The van der Waals surface area contributed by atoms with Crippen LogP contribution in [0.2, 0.25) is 0 Å². The lowest BCUT2D eigenvalue weighted by Crippen LogP contribution is -2.01. The molecule has 1 aliphatic rings. The maximum atomic E-state index is 2.54. The molecule has 9 heteroatoms. The Balaban J connectivity index is 0.761. The minimum atomic E-state index is 0.814. The van der Waals surface area contributed by atoms with Gasteiger partial charge in [-0.3, -0.25) is 0 Å². The van der Waals surface area contributed by atoms with Gasteiger partial charge in [-0.1, -0.05) is 285 Å². The monoisotopic (exact) mass is 1690 g/mol. The third-order valence-electron chi connectivity index (χ3n) is 27.6. The second-order valence-corrected chi connectivity index (χ2v) is 37.4. The zero-order valence-corrected chi connectivity index (χ0v) is 72.2. The number of allylic oxidation sites excluding steroid dienone is 4. The molecule has 602 valence electrons. The molecule has 0 unspecified atom stereocenters. The van der Waals surface area contributed by atoms with Gasteiger partial charge in [0.25, 0.3) is 0 Å². The van der Waals surface area contributed by atoms with Gasteiger partial charge >= 0.3 is 0 Å². The van der Waals surface area contributed by atoms with E-state index >= 15 is 0 Å². The van der Waals surface area contributed by atoms with Gasteiger partial charge in [0.05, 0.1) is 66.2 Å². The number of hydrogen-bond acceptors (Lipinski definition) is 3. The minimum Gasteiger partial charge on any atom is -0.313 e. The number of hydrogen-bond donors (Lipinski definition) is 0. The normalized spacial score (nSPS) is 12.8. The van der Waals surface area contributed by atoms with Crippen LogP contribution in [0.3, 0.4) is 0 Å². The van der Waals surface area contributed by atoms with Gasteiger partial charge in [-0.15, -0.1) is 34.0 Å². The fourth-order valence-corrected chi connectivity index (χ4v) is 26.4. The van der Waals surface area contributed by atoms with E-state index in [-0.39, 0.29) is 0 Å². The van der Waals surface area contributed by atoms with Crippen molar-refractivity contribution in [1.82, 2.24) is 27.4 Å². The van der Waals surface area contributed by atoms with Crippen molar-refractivity contribution in [1.29, 1.82) is 0 Å². The molecule has 0 saturated heterocycles. The molecule has 9 heterocycles. The highest BCUT2D eigenvalue weighted by Crippen LogP contribution is 2.62. The first-order chi connectivity index (χ1) is 64.0. The molecule has 0 bridgehead atoms. The summed E-state index contributed by atoms with van der Waals surface area (Å²) in [5.74, 6) is 0. The third kappa shape index (κ3) is 10.7. The molecule has 28 rings (SSSR count). The predicted molar refractivity (Wildman–Crippen MR) is 552 cm³/mol. The standard InChI is InChI=1S/C120H74N6S3/c1-13-37-97-85(25-1)86-26-2-14-38-98(86)121(97)79-61-49-73(50-62-79)109-112-118(127-115(109)76-55-67-82(68-56-76)124-103-43-19-7-31-91(103)92-32-8-20-44-104(92)124)113-110(74-51-63-80(64-52-74)122-99-39-15-3-27-87(99)88-28-4-16-40-100(88)122)117(78-59-71-84(72-60-78)126-107-47-23-11-35-95(107)96-36-12-24-48-108(96)126)129-120(113)114-111(75-53-65-81(66-54-75)123-101-41-17-5-29-89(101)90-30-6-18-42-102(90)123)116(128-119(112)114)77-57-69-83(70-58-77)125-105-45-21-9-33-93(105)94-34-10-22-46-106(94)125/h1-53,55-65,67-72H,54,66H2. The van der Waals surface area contributed by atoms with Gasteiger partial charge in [-0.25, -0.2) is 0 Å². The molecular weight excluding hydrogens is 1620 g/mol. The summed E-state index contributed by atoms with van der Waals surface area (Å²) in [5, 5.41) is 18.8. The Morgan fingerprint density at radius 1 is 0.163 bits per heavy atom. The molecule has 9 aromatic heterocycles. The van der Waals surface area contributed by atoms with Crippen LogP contribution < -0.4 is 0 Å². The molecule has 0 aliphatic heterocycles. The van der Waals surface area contributed by atoms with Crippen molar-refractivity contribution in [3.05, 3.63) is 430 Å². The summed E-state index contributed by atoms with van der Waals surface area (Å²) >= 11 is 5.93. The van der Waals surface area contributed by atoms with E-state index in [2.05, 4.69) is 452 Å². The molecule has 0 fully saturated rings. The van der Waals surface area contributed by atoms with Gasteiger partial charge in [-0.05, 0) is 186 Å². The van der Waals surface area contributed by atoms with Crippen LogP contribution in [-0.4, -0.2) is 27.4 Å². The molecule has 129 heavy (non-hydrogen) atoms. The van der Waals surface area contributed by atoms with Crippen LogP contribution in [0.1, 0.15) is 18.4 Å². The molecule has 0 spiro atoms. The first-order valence-corrected chi connectivity index (χ1v) is 46.9. The zero-order valence-electron chi connectivity index (χ0n) is 69.7. The Morgan fingerprint density at radius 3 is 0.558 bits per heavy atom. The molecule has 0 amide bonds. The fraction of sp³-hybridized carbons (Fsp3) is 0.0167. The number of fused-ring (bicyclic) bond motifs is 24. The van der Waals surface area contributed by atoms with Crippen molar-refractivity contribution in [2.75, 3.05) is 0 Å². The maximum absolute atomic E-state index is 2.54. The molecular formula is C120H74N6S3. The van der Waals surface area contributed by atoms with Crippen molar-refractivity contribution < 1.29 is 0 Å². The lowest BCUT2D eigenvalue weighted by atomic mass is 9.89. The SMILES string of the molecule is C1=C(c2c(-c3ccc(-n4c5ccccc5c5ccccc54)cc3)sc3c2c2sc(-c4ccc(-n5c6ccccc6c6ccccc65)cc4)c(-c4ccc(-n5c6ccccc6c6ccccc65)cc4)c2c2sc(-c4ccc(-n5c6ccccc6c6ccccc65)cc4)c(-c4ccc(-n5c6ccccc6c6ccccc65)cc4)c32)CCC(n2c3ccccc3c3ccccc32)=C1. The number of aromatic nitrogens is 6. The quantitative estimate of drug-likeness (QED) is 0.117. The summed E-state index contributed by atoms with van der Waals surface area (Å²) in [4.78, 5) is 3.70. The summed E-state index contributed by atoms with van der Waals surface area (Å²) in [7, 11) is 0. The van der Waals surface area contributed by atoms with Gasteiger partial charge < -0.3 is 27.4 Å². The molecule has 0 radical (unpaired) electrons. The second kappa shape index (κ2) is 28.3. The van der Waals surface area contributed by atoms with Crippen molar-refractivity contribution in [2.45, 2.75) is 12.8 Å². The summed E-state index contributed by atoms with van der Waals surface area (Å²) in [5.41, 5.74) is 32.1. The Morgan fingerprint density at radius 2 is 0.349 bits per heavy atom. The van der Waals surface area contributed by atoms with Crippen molar-refractivity contribution in [3.8, 4) is 82.0 Å². The van der Waals surface area contributed by atoms with Gasteiger partial charge in [0.2, 0.25) is 0 Å². The van der Waals surface area contributed by atoms with Crippen LogP contribution in [0.4, 0.5) is 0 Å². The maximum Gasteiger partial charge on any atom is 0.0541 e. The van der Waals surface area contributed by atoms with E-state index < -0.39 is 0 Å². The summed E-state index contributed by atoms with van der Waals surface area (Å²) in [6.45, 7) is 0. The predicted octanol–water partition coefficient (Wildman–Crippen LogP) is 34.0. The average Bonchev–Trinajstić information content (AvgIpc) is 1.52. The molecule has 1 aliphatic carbocycles. The number of para-hydroxylation sites is 12. The topological polar surface area (TPSA) is 29.6 Å². The Labute approximate surface area is 753 Å². The molecule has 18 aromatic carbocycles. The first kappa shape index (κ1) is 72.4. The third-order valence-corrected chi connectivity index (χ3v) is 31.4. The molecule has 0 atom stereocenters. The smallest absolute Gasteiger partial charge is 0.0541 e. The molecule has 0 saturated carbocycles. The minimum absolute atomic E-state index is 0.814. The molecule has 0 N–H and O–H groups in total. The Bertz CT molecular complexity index is 8960. The number of benzene rings is 18. The number of nitrogens with zero attached hydrogens (tertiary/aromatic N) is 6. The number of rotatable bonds is 12. The van der Waals surface area contributed by atoms with Crippen LogP contribution in [0, 0.1) is 0 Å². The highest BCUT2D eigenvalue weighted by Gasteiger charge is 2.33. The van der Waals surface area contributed by atoms with E-state index in [0.29, 0.717) is 0 Å². The van der Waals surface area contributed by atoms with Crippen molar-refractivity contribution in [2.24, 2.45) is 0 Å². The van der Waals surface area contributed by atoms with E-state index in [1.807, 2.05) is 34.0 Å². The highest BCUT2D eigenvalue weighted by molar-refractivity contribution is 7.31. The van der Waals surface area contributed by atoms with E-state index in [1.54, 1.807) is 0 Å². The summed E-state index contributed by atoms with van der Waals surface area (Å²) < 4.78 is 18.6. The Kier molecular flexibility index (Phi) is 15.9. The summed E-state index contributed by atoms with van der Waals surface area (Å²) in [6, 6.07) is 155. The molecule has 27 aromatic rings. The van der Waals surface area contributed by atoms with E-state index in [4.69, 9.17) is 0 Å². The van der Waals surface area contributed by atoms with Crippen LogP contribution in [0.25, 0.3) is 254 Å². The average molecular weight is 1700 g/mol. The molecule has 6 nitrogen and oxygen atoms in total. The van der Waals surface area contributed by atoms with Gasteiger partial charge in [0.15, 0.2) is 0 Å². The van der Waals surface area contributed by atoms with Gasteiger partial charge in [0.1, 0.15) is 0 Å². The van der Waals surface area contributed by atoms with Crippen LogP contribution >= 0.6 is 34.0 Å². The lowest BCUT2D eigenvalue weighted by Gasteiger charge is -2.19. The number of thiophene rings is 3. The van der Waals surface area contributed by atoms with Gasteiger partial charge in [0, 0.05) is 160 Å². The van der Waals surface area contributed by atoms with E-state index in [0.717, 1.165) is 63.5 Å². The first-order valence-electron chi connectivity index (χ1n) is 44.4. The zero-order chi connectivity index (χ0) is 84.2. The summed E-state index contributed by atoms with van der Waals surface area (Å²) in [6.07, 6.45) is 6.62. The fourth-order valence-electron chi connectivity index (χ4n) is 22.0. The van der Waals surface area contributed by atoms with Crippen molar-refractivity contribution in [3.63, 3.8) is 0 Å². The van der Waals surface area contributed by atoms with E-state index in [1.165, 1.54) is 209 Å². The van der Waals surface area contributed by atoms with Crippen LogP contribution in [0.15, 0.2) is 425 Å². The van der Waals surface area contributed by atoms with Gasteiger partial charge in [-0.2, -0.15) is 0 Å².